The number of ether oxygens (including phenoxy) is 1. The average Bonchev–Trinajstić information content (AvgIpc) is 2.65. The first-order valence-electron chi connectivity index (χ1n) is 7.95. The highest BCUT2D eigenvalue weighted by Gasteiger charge is 2.04. The van der Waals surface area contributed by atoms with Gasteiger partial charge in [-0.15, -0.1) is 0 Å². The summed E-state index contributed by atoms with van der Waals surface area (Å²) in [6, 6.07) is 22.9. The van der Waals surface area contributed by atoms with Crippen molar-refractivity contribution < 1.29 is 13.9 Å². The van der Waals surface area contributed by atoms with Crippen molar-refractivity contribution in [1.29, 1.82) is 0 Å². The molecule has 0 aliphatic heterocycles. The van der Waals surface area contributed by atoms with Crippen LogP contribution >= 0.6 is 0 Å². The van der Waals surface area contributed by atoms with Crippen molar-refractivity contribution in [2.75, 3.05) is 0 Å². The van der Waals surface area contributed by atoms with E-state index in [-0.39, 0.29) is 18.2 Å². The second-order valence-corrected chi connectivity index (χ2v) is 5.55. The summed E-state index contributed by atoms with van der Waals surface area (Å²) in [5.74, 6) is 0.180. The second kappa shape index (κ2) is 8.06. The Kier molecular flexibility index (Phi) is 5.37. The van der Waals surface area contributed by atoms with Crippen LogP contribution in [0.3, 0.4) is 0 Å². The highest BCUT2D eigenvalue weighted by atomic mass is 19.1. The van der Waals surface area contributed by atoms with Gasteiger partial charge in [-0.05, 0) is 41.5 Å². The van der Waals surface area contributed by atoms with Gasteiger partial charge >= 0.3 is 0 Å². The van der Waals surface area contributed by atoms with Crippen LogP contribution < -0.4 is 4.74 Å². The fourth-order valence-electron chi connectivity index (χ4n) is 2.36. The van der Waals surface area contributed by atoms with Crippen LogP contribution in [0.25, 0.3) is 6.08 Å². The molecule has 2 nitrogen and oxygen atoms in total. The van der Waals surface area contributed by atoms with Crippen molar-refractivity contribution in [2.45, 2.75) is 6.61 Å². The summed E-state index contributed by atoms with van der Waals surface area (Å²) in [5.41, 5.74) is 2.25. The number of rotatable bonds is 6. The van der Waals surface area contributed by atoms with E-state index in [1.807, 2.05) is 30.3 Å². The van der Waals surface area contributed by atoms with Crippen LogP contribution in [-0.2, 0) is 6.61 Å². The maximum atomic E-state index is 13.2. The van der Waals surface area contributed by atoms with Crippen molar-refractivity contribution in [3.8, 4) is 5.75 Å². The summed E-state index contributed by atoms with van der Waals surface area (Å²) in [4.78, 5) is 12.3. The third kappa shape index (κ3) is 4.88. The third-order valence-electron chi connectivity index (χ3n) is 3.64. The molecule has 0 amide bonds. The molecule has 0 spiro atoms. The molecule has 0 aliphatic carbocycles. The molecule has 0 atom stereocenters. The molecule has 0 radical (unpaired) electrons. The molecule has 0 fully saturated rings. The molecule has 0 aromatic heterocycles. The van der Waals surface area contributed by atoms with Crippen molar-refractivity contribution in [3.05, 3.63) is 107 Å². The summed E-state index contributed by atoms with van der Waals surface area (Å²) < 4.78 is 18.8. The van der Waals surface area contributed by atoms with Crippen LogP contribution in [0.4, 0.5) is 4.39 Å². The summed E-state index contributed by atoms with van der Waals surface area (Å²) >= 11 is 0. The van der Waals surface area contributed by atoms with E-state index in [2.05, 4.69) is 0 Å². The zero-order valence-electron chi connectivity index (χ0n) is 13.6. The number of hydrogen-bond donors (Lipinski definition) is 0. The minimum atomic E-state index is -0.295. The molecule has 0 saturated heterocycles. The first kappa shape index (κ1) is 16.7. The summed E-state index contributed by atoms with van der Waals surface area (Å²) in [7, 11) is 0. The van der Waals surface area contributed by atoms with Crippen LogP contribution in [-0.4, -0.2) is 5.78 Å². The molecule has 3 heteroatoms. The summed E-state index contributed by atoms with van der Waals surface area (Å²) in [6.07, 6.45) is 3.32. The van der Waals surface area contributed by atoms with E-state index in [0.29, 0.717) is 11.3 Å². The van der Waals surface area contributed by atoms with Crippen molar-refractivity contribution in [3.63, 3.8) is 0 Å². The topological polar surface area (TPSA) is 26.3 Å². The second-order valence-electron chi connectivity index (χ2n) is 5.55. The van der Waals surface area contributed by atoms with Gasteiger partial charge < -0.3 is 4.74 Å². The minimum absolute atomic E-state index is 0.0972. The zero-order chi connectivity index (χ0) is 17.5. The van der Waals surface area contributed by atoms with E-state index in [1.165, 1.54) is 12.1 Å². The average molecular weight is 332 g/mol. The van der Waals surface area contributed by atoms with Crippen LogP contribution in [0.5, 0.6) is 5.75 Å². The Morgan fingerprint density at radius 3 is 2.52 bits per heavy atom. The first-order chi connectivity index (χ1) is 12.2. The number of ketones is 1. The molecule has 0 bridgehead atoms. The van der Waals surface area contributed by atoms with Gasteiger partial charge in [0.05, 0.1) is 0 Å². The molecule has 3 aromatic rings. The van der Waals surface area contributed by atoms with Crippen LogP contribution in [0.2, 0.25) is 0 Å². The molecular weight excluding hydrogens is 315 g/mol. The van der Waals surface area contributed by atoms with E-state index in [1.54, 1.807) is 48.6 Å². The predicted molar refractivity (Wildman–Crippen MR) is 97.0 cm³/mol. The molecular formula is C22H17FO2. The maximum Gasteiger partial charge on any atom is 0.185 e. The van der Waals surface area contributed by atoms with E-state index >= 15 is 0 Å². The molecule has 0 aliphatic rings. The van der Waals surface area contributed by atoms with E-state index in [0.717, 1.165) is 11.1 Å². The highest BCUT2D eigenvalue weighted by Crippen LogP contribution is 2.17. The van der Waals surface area contributed by atoms with Gasteiger partial charge in [0.2, 0.25) is 0 Å². The largest absolute Gasteiger partial charge is 0.489 e. The van der Waals surface area contributed by atoms with Gasteiger partial charge in [0, 0.05) is 5.56 Å². The molecule has 3 rings (SSSR count). The standard InChI is InChI=1S/C22H17FO2/c23-20-10-4-8-18(14-20)16-25-21-11-5-9-19(15-21)22(24)13-12-17-6-2-1-3-7-17/h1-15H,16H2. The van der Waals surface area contributed by atoms with Crippen LogP contribution in [0, 0.1) is 5.82 Å². The summed E-state index contributed by atoms with van der Waals surface area (Å²) in [5, 5.41) is 0. The minimum Gasteiger partial charge on any atom is -0.489 e. The van der Waals surface area contributed by atoms with E-state index < -0.39 is 0 Å². The number of allylic oxidation sites excluding steroid dienone is 1. The predicted octanol–water partition coefficient (Wildman–Crippen LogP) is 5.30. The molecule has 124 valence electrons. The third-order valence-corrected chi connectivity index (χ3v) is 3.64. The van der Waals surface area contributed by atoms with Crippen molar-refractivity contribution in [2.24, 2.45) is 0 Å². The SMILES string of the molecule is O=C(C=Cc1ccccc1)c1cccc(OCc2cccc(F)c2)c1. The van der Waals surface area contributed by atoms with Gasteiger partial charge in [0.15, 0.2) is 5.78 Å². The summed E-state index contributed by atoms with van der Waals surface area (Å²) in [6.45, 7) is 0.245. The molecule has 25 heavy (non-hydrogen) atoms. The Labute approximate surface area is 146 Å². The molecule has 0 unspecified atom stereocenters. The van der Waals surface area contributed by atoms with Gasteiger partial charge in [0.1, 0.15) is 18.2 Å². The lowest BCUT2D eigenvalue weighted by atomic mass is 10.1. The molecule has 0 heterocycles. The molecule has 0 saturated carbocycles. The number of halogens is 1. The van der Waals surface area contributed by atoms with E-state index in [9.17, 15) is 9.18 Å². The lowest BCUT2D eigenvalue weighted by molar-refractivity contribution is 0.104. The Balaban J connectivity index is 1.66. The quantitative estimate of drug-likeness (QED) is 0.452. The monoisotopic (exact) mass is 332 g/mol. The first-order valence-corrected chi connectivity index (χ1v) is 7.95. The van der Waals surface area contributed by atoms with Gasteiger partial charge in [-0.3, -0.25) is 4.79 Å². The van der Waals surface area contributed by atoms with Gasteiger partial charge in [0.25, 0.3) is 0 Å². The smallest absolute Gasteiger partial charge is 0.185 e. The number of carbonyl (C=O) groups excluding carboxylic acids is 1. The number of benzene rings is 3. The fourth-order valence-corrected chi connectivity index (χ4v) is 2.36. The maximum absolute atomic E-state index is 13.2. The fraction of sp³-hybridized carbons (Fsp3) is 0.0455. The number of carbonyl (C=O) groups is 1. The molecule has 0 N–H and O–H groups in total. The van der Waals surface area contributed by atoms with Gasteiger partial charge in [-0.2, -0.15) is 0 Å². The van der Waals surface area contributed by atoms with Crippen LogP contribution in [0.1, 0.15) is 21.5 Å². The Hall–Kier alpha value is -3.20. The normalized spacial score (nSPS) is 10.8. The Morgan fingerprint density at radius 1 is 0.920 bits per heavy atom. The lowest BCUT2D eigenvalue weighted by Crippen LogP contribution is -1.98. The molecule has 3 aromatic carbocycles. The van der Waals surface area contributed by atoms with Gasteiger partial charge in [-0.25, -0.2) is 4.39 Å². The van der Waals surface area contributed by atoms with E-state index in [4.69, 9.17) is 4.74 Å². The van der Waals surface area contributed by atoms with Crippen LogP contribution in [0.15, 0.2) is 84.9 Å². The highest BCUT2D eigenvalue weighted by molar-refractivity contribution is 6.07. The van der Waals surface area contributed by atoms with Crippen molar-refractivity contribution in [1.82, 2.24) is 0 Å². The number of hydrogen-bond acceptors (Lipinski definition) is 2. The lowest BCUT2D eigenvalue weighted by Gasteiger charge is -2.07. The Bertz CT molecular complexity index is 885. The Morgan fingerprint density at radius 2 is 1.72 bits per heavy atom. The van der Waals surface area contributed by atoms with Crippen molar-refractivity contribution >= 4 is 11.9 Å². The van der Waals surface area contributed by atoms with Gasteiger partial charge in [-0.1, -0.05) is 60.7 Å². The zero-order valence-corrected chi connectivity index (χ0v) is 13.6.